The van der Waals surface area contributed by atoms with E-state index in [1.165, 1.54) is 12.2 Å². The first-order chi connectivity index (χ1) is 9.97. The van der Waals surface area contributed by atoms with Crippen LogP contribution < -0.4 is 5.32 Å². The zero-order valence-corrected chi connectivity index (χ0v) is 12.5. The highest BCUT2D eigenvalue weighted by molar-refractivity contribution is 5.99. The topological polar surface area (TPSA) is 27.6 Å². The Labute approximate surface area is 124 Å². The van der Waals surface area contributed by atoms with Gasteiger partial charge in [-0.15, -0.1) is 0 Å². The number of nitrogens with one attached hydrogen (secondary N) is 1. The molecule has 3 nitrogen and oxygen atoms in total. The molecule has 0 radical (unpaired) electrons. The number of piperidine rings is 1. The maximum Gasteiger partial charge on any atom is 0.432 e. The zero-order chi connectivity index (χ0) is 15.7. The number of aliphatic imine (C=N–C) groups is 1. The Balaban J connectivity index is 2.47. The minimum absolute atomic E-state index is 0.241. The molecule has 0 amide bonds. The van der Waals surface area contributed by atoms with E-state index in [9.17, 15) is 13.2 Å². The van der Waals surface area contributed by atoms with Gasteiger partial charge in [0.15, 0.2) is 0 Å². The lowest BCUT2D eigenvalue weighted by molar-refractivity contribution is -0.0579. The summed E-state index contributed by atoms with van der Waals surface area (Å²) < 4.78 is 38.3. The number of nitrogens with zero attached hydrogens (tertiary/aromatic N) is 2. The SMILES string of the molecule is C=C/C=C\C(=N/CC1CCN(CCNC)CC1)C(F)(F)F. The van der Waals surface area contributed by atoms with E-state index in [0.717, 1.165) is 45.1 Å². The van der Waals surface area contributed by atoms with Crippen molar-refractivity contribution in [2.24, 2.45) is 10.9 Å². The zero-order valence-electron chi connectivity index (χ0n) is 12.5. The third kappa shape index (κ3) is 6.91. The fourth-order valence-electron chi connectivity index (χ4n) is 2.29. The first-order valence-corrected chi connectivity index (χ1v) is 7.25. The number of allylic oxidation sites excluding steroid dienone is 3. The Hall–Kier alpha value is -1.14. The molecule has 0 spiro atoms. The van der Waals surface area contributed by atoms with Gasteiger partial charge in [-0.3, -0.25) is 4.99 Å². The number of halogens is 3. The highest BCUT2D eigenvalue weighted by atomic mass is 19.4. The highest BCUT2D eigenvalue weighted by Crippen LogP contribution is 2.21. The minimum atomic E-state index is -4.40. The monoisotopic (exact) mass is 303 g/mol. The number of alkyl halides is 3. The van der Waals surface area contributed by atoms with Crippen LogP contribution in [0.25, 0.3) is 0 Å². The molecule has 1 rings (SSSR count). The molecular formula is C15H24F3N3. The molecule has 0 unspecified atom stereocenters. The molecule has 1 N–H and O–H groups in total. The second-order valence-corrected chi connectivity index (χ2v) is 5.21. The lowest BCUT2D eigenvalue weighted by Gasteiger charge is -2.31. The van der Waals surface area contributed by atoms with Crippen LogP contribution in [-0.2, 0) is 0 Å². The van der Waals surface area contributed by atoms with Gasteiger partial charge in [-0.05, 0) is 45.0 Å². The van der Waals surface area contributed by atoms with Crippen LogP contribution in [0.5, 0.6) is 0 Å². The lowest BCUT2D eigenvalue weighted by Crippen LogP contribution is -2.38. The van der Waals surface area contributed by atoms with Gasteiger partial charge in [0.1, 0.15) is 5.71 Å². The number of likely N-dealkylation sites (tertiary alicyclic amines) is 1. The van der Waals surface area contributed by atoms with Gasteiger partial charge in [-0.1, -0.05) is 18.7 Å². The molecule has 6 heteroatoms. The van der Waals surface area contributed by atoms with Crippen molar-refractivity contribution in [3.8, 4) is 0 Å². The van der Waals surface area contributed by atoms with E-state index in [-0.39, 0.29) is 12.5 Å². The molecule has 0 aromatic heterocycles. The summed E-state index contributed by atoms with van der Waals surface area (Å²) in [6, 6.07) is 0. The molecule has 1 aliphatic heterocycles. The molecule has 1 aliphatic rings. The molecule has 0 aromatic carbocycles. The van der Waals surface area contributed by atoms with Crippen LogP contribution in [0.15, 0.2) is 29.8 Å². The van der Waals surface area contributed by atoms with Gasteiger partial charge in [0.25, 0.3) is 0 Å². The minimum Gasteiger partial charge on any atom is -0.318 e. The fraction of sp³-hybridized carbons (Fsp3) is 0.667. The molecule has 1 saturated heterocycles. The molecule has 0 atom stereocenters. The van der Waals surface area contributed by atoms with E-state index >= 15 is 0 Å². The van der Waals surface area contributed by atoms with Gasteiger partial charge in [-0.2, -0.15) is 13.2 Å². The van der Waals surface area contributed by atoms with Gasteiger partial charge < -0.3 is 10.2 Å². The Morgan fingerprint density at radius 1 is 1.38 bits per heavy atom. The van der Waals surface area contributed by atoms with Crippen molar-refractivity contribution in [1.82, 2.24) is 10.2 Å². The average molecular weight is 303 g/mol. The van der Waals surface area contributed by atoms with Gasteiger partial charge in [0, 0.05) is 19.6 Å². The molecule has 0 aromatic rings. The largest absolute Gasteiger partial charge is 0.432 e. The van der Waals surface area contributed by atoms with Gasteiger partial charge >= 0.3 is 6.18 Å². The van der Waals surface area contributed by atoms with Crippen molar-refractivity contribution in [2.75, 3.05) is 39.8 Å². The summed E-state index contributed by atoms with van der Waals surface area (Å²) in [6.07, 6.45) is 0.989. The Morgan fingerprint density at radius 2 is 2.05 bits per heavy atom. The smallest absolute Gasteiger partial charge is 0.318 e. The van der Waals surface area contributed by atoms with Crippen LogP contribution >= 0.6 is 0 Å². The number of likely N-dealkylation sites (N-methyl/N-ethyl adjacent to an activating group) is 1. The van der Waals surface area contributed by atoms with Crippen LogP contribution in [-0.4, -0.2) is 56.6 Å². The third-order valence-corrected chi connectivity index (χ3v) is 3.59. The molecule has 1 heterocycles. The summed E-state index contributed by atoms with van der Waals surface area (Å²) >= 11 is 0. The van der Waals surface area contributed by atoms with Crippen molar-refractivity contribution in [2.45, 2.75) is 19.0 Å². The van der Waals surface area contributed by atoms with E-state index in [1.54, 1.807) is 0 Å². The maximum atomic E-state index is 12.8. The van der Waals surface area contributed by atoms with E-state index in [1.807, 2.05) is 7.05 Å². The van der Waals surface area contributed by atoms with Crippen LogP contribution in [0.4, 0.5) is 13.2 Å². The van der Waals surface area contributed by atoms with Crippen LogP contribution in [0, 0.1) is 5.92 Å². The number of hydrogen-bond acceptors (Lipinski definition) is 3. The first-order valence-electron chi connectivity index (χ1n) is 7.25. The lowest BCUT2D eigenvalue weighted by atomic mass is 9.97. The molecular weight excluding hydrogens is 279 g/mol. The van der Waals surface area contributed by atoms with Crippen molar-refractivity contribution in [3.63, 3.8) is 0 Å². The van der Waals surface area contributed by atoms with Gasteiger partial charge in [0.05, 0.1) is 0 Å². The second kappa shape index (κ2) is 9.00. The van der Waals surface area contributed by atoms with Crippen molar-refractivity contribution >= 4 is 5.71 Å². The van der Waals surface area contributed by atoms with E-state index in [2.05, 4.69) is 21.8 Å². The number of hydrogen-bond donors (Lipinski definition) is 1. The molecule has 1 fully saturated rings. The maximum absolute atomic E-state index is 12.8. The van der Waals surface area contributed by atoms with Gasteiger partial charge in [0.2, 0.25) is 0 Å². The summed E-state index contributed by atoms with van der Waals surface area (Å²) in [5.41, 5.74) is -0.819. The van der Waals surface area contributed by atoms with Crippen molar-refractivity contribution in [3.05, 3.63) is 24.8 Å². The first kappa shape index (κ1) is 17.9. The van der Waals surface area contributed by atoms with Crippen molar-refractivity contribution in [1.29, 1.82) is 0 Å². The third-order valence-electron chi connectivity index (χ3n) is 3.59. The molecule has 0 aliphatic carbocycles. The van der Waals surface area contributed by atoms with E-state index in [0.29, 0.717) is 0 Å². The predicted molar refractivity (Wildman–Crippen MR) is 80.8 cm³/mol. The molecule has 120 valence electrons. The summed E-state index contributed by atoms with van der Waals surface area (Å²) in [7, 11) is 1.91. The van der Waals surface area contributed by atoms with Crippen LogP contribution in [0.3, 0.4) is 0 Å². The summed E-state index contributed by atoms with van der Waals surface area (Å²) in [5, 5.41) is 3.10. The number of rotatable bonds is 7. The highest BCUT2D eigenvalue weighted by Gasteiger charge is 2.33. The average Bonchev–Trinajstić information content (AvgIpc) is 2.45. The predicted octanol–water partition coefficient (Wildman–Crippen LogP) is 2.66. The quantitative estimate of drug-likeness (QED) is 0.578. The van der Waals surface area contributed by atoms with Gasteiger partial charge in [-0.25, -0.2) is 0 Å². The molecule has 21 heavy (non-hydrogen) atoms. The summed E-state index contributed by atoms with van der Waals surface area (Å²) in [4.78, 5) is 6.10. The standard InChI is InChI=1S/C15H24F3N3/c1-3-4-5-14(15(16,17)18)20-12-13-6-9-21(10-7-13)11-8-19-2/h3-5,13,19H,1,6-12H2,2H3/b5-4-,20-14+. The molecule has 0 bridgehead atoms. The van der Waals surface area contributed by atoms with Crippen LogP contribution in [0.1, 0.15) is 12.8 Å². The second-order valence-electron chi connectivity index (χ2n) is 5.21. The fourth-order valence-corrected chi connectivity index (χ4v) is 2.29. The van der Waals surface area contributed by atoms with Crippen molar-refractivity contribution < 1.29 is 13.2 Å². The normalized spacial score (nSPS) is 19.3. The van der Waals surface area contributed by atoms with E-state index in [4.69, 9.17) is 0 Å². The molecule has 0 saturated carbocycles. The van der Waals surface area contributed by atoms with E-state index < -0.39 is 11.9 Å². The summed E-state index contributed by atoms with van der Waals surface area (Å²) in [5.74, 6) is 0.241. The Kier molecular flexibility index (Phi) is 7.67. The Bertz CT molecular complexity index is 367. The summed E-state index contributed by atoms with van der Waals surface area (Å²) in [6.45, 7) is 7.42. The van der Waals surface area contributed by atoms with Crippen LogP contribution in [0.2, 0.25) is 0 Å². The Morgan fingerprint density at radius 3 is 2.57 bits per heavy atom.